The molecule has 5 rings (SSSR count). The summed E-state index contributed by atoms with van der Waals surface area (Å²) in [7, 11) is 0. The third-order valence-corrected chi connectivity index (χ3v) is 6.45. The second-order valence-electron chi connectivity index (χ2n) is 8.48. The lowest BCUT2D eigenvalue weighted by molar-refractivity contribution is 1.28. The van der Waals surface area contributed by atoms with Gasteiger partial charge in [0.15, 0.2) is 0 Å². The number of hydrogen-bond acceptors (Lipinski definition) is 1. The Labute approximate surface area is 221 Å². The Balaban J connectivity index is 1.29. The Morgan fingerprint density at radius 1 is 0.361 bits per heavy atom. The molecule has 0 radical (unpaired) electrons. The summed E-state index contributed by atoms with van der Waals surface area (Å²) in [5.41, 5.74) is 8.12. The van der Waals surface area contributed by atoms with Gasteiger partial charge in [-0.3, -0.25) is 0 Å². The molecule has 1 nitrogen and oxygen atoms in total. The first-order chi connectivity index (χ1) is 17.7. The number of hydrogen-bond donors (Lipinski definition) is 0. The van der Waals surface area contributed by atoms with Gasteiger partial charge in [0.05, 0.1) is 0 Å². The molecule has 0 unspecified atom stereocenters. The summed E-state index contributed by atoms with van der Waals surface area (Å²) >= 11 is 3.48. The fourth-order valence-corrected chi connectivity index (χ4v) is 4.28. The van der Waals surface area contributed by atoms with Gasteiger partial charge in [-0.1, -0.05) is 125 Å². The Bertz CT molecular complexity index is 1400. The van der Waals surface area contributed by atoms with Crippen molar-refractivity contribution in [3.8, 4) is 0 Å². The van der Waals surface area contributed by atoms with Gasteiger partial charge in [-0.25, -0.2) is 0 Å². The van der Waals surface area contributed by atoms with Gasteiger partial charge in [0.25, 0.3) is 0 Å². The predicted molar refractivity (Wildman–Crippen MR) is 160 cm³/mol. The molecule has 0 atom stereocenters. The zero-order valence-corrected chi connectivity index (χ0v) is 21.4. The highest BCUT2D eigenvalue weighted by Gasteiger charge is 2.11. The maximum atomic E-state index is 3.48. The first-order valence-electron chi connectivity index (χ1n) is 12.0. The first-order valence-corrected chi connectivity index (χ1v) is 12.8. The van der Waals surface area contributed by atoms with E-state index in [2.05, 4.69) is 166 Å². The number of nitrogens with zero attached hydrogens (tertiary/aromatic N) is 1. The average molecular weight is 528 g/mol. The first kappa shape index (κ1) is 23.6. The summed E-state index contributed by atoms with van der Waals surface area (Å²) in [6, 6.07) is 46.5. The van der Waals surface area contributed by atoms with E-state index in [0.29, 0.717) is 0 Å². The molecule has 0 N–H and O–H groups in total. The van der Waals surface area contributed by atoms with Crippen molar-refractivity contribution < 1.29 is 0 Å². The molecule has 0 heterocycles. The molecule has 0 saturated carbocycles. The van der Waals surface area contributed by atoms with Crippen LogP contribution < -0.4 is 4.90 Å². The van der Waals surface area contributed by atoms with Crippen molar-refractivity contribution in [1.82, 2.24) is 0 Å². The summed E-state index contributed by atoms with van der Waals surface area (Å²) in [4.78, 5) is 2.27. The van der Waals surface area contributed by atoms with E-state index in [9.17, 15) is 0 Å². The number of rotatable bonds is 7. The average Bonchev–Trinajstić information content (AvgIpc) is 2.94. The number of halogens is 1. The van der Waals surface area contributed by atoms with Crippen LogP contribution in [0, 0.1) is 0 Å². The SMILES string of the molecule is Brc1ccc(/C=C/c2ccc(/C=C/c3ccc(N(c4ccccc4)c4ccccc4)cc3)cc2)cc1. The molecule has 36 heavy (non-hydrogen) atoms. The topological polar surface area (TPSA) is 3.24 Å². The van der Waals surface area contributed by atoms with Crippen LogP contribution in [0.2, 0.25) is 0 Å². The van der Waals surface area contributed by atoms with Gasteiger partial charge in [0.2, 0.25) is 0 Å². The van der Waals surface area contributed by atoms with Crippen molar-refractivity contribution >= 4 is 57.3 Å². The summed E-state index contributed by atoms with van der Waals surface area (Å²) in [5, 5.41) is 0. The maximum absolute atomic E-state index is 3.48. The Kier molecular flexibility index (Phi) is 7.55. The van der Waals surface area contributed by atoms with E-state index in [1.807, 2.05) is 12.1 Å². The summed E-state index contributed by atoms with van der Waals surface area (Å²) in [5.74, 6) is 0. The van der Waals surface area contributed by atoms with Crippen LogP contribution in [0.3, 0.4) is 0 Å². The van der Waals surface area contributed by atoms with Gasteiger partial charge >= 0.3 is 0 Å². The Hall–Kier alpha value is -4.14. The van der Waals surface area contributed by atoms with Crippen LogP contribution in [0.25, 0.3) is 24.3 Å². The molecule has 174 valence electrons. The van der Waals surface area contributed by atoms with Crippen LogP contribution >= 0.6 is 15.9 Å². The monoisotopic (exact) mass is 527 g/mol. The second kappa shape index (κ2) is 11.5. The van der Waals surface area contributed by atoms with E-state index < -0.39 is 0 Å². The molecular weight excluding hydrogens is 502 g/mol. The van der Waals surface area contributed by atoms with Gasteiger partial charge in [-0.2, -0.15) is 0 Å². The van der Waals surface area contributed by atoms with Crippen molar-refractivity contribution in [1.29, 1.82) is 0 Å². The Morgan fingerprint density at radius 2 is 0.667 bits per heavy atom. The molecule has 0 saturated heterocycles. The summed E-state index contributed by atoms with van der Waals surface area (Å²) in [6.07, 6.45) is 8.59. The molecule has 0 bridgehead atoms. The van der Waals surface area contributed by atoms with Crippen LogP contribution in [0.15, 0.2) is 138 Å². The van der Waals surface area contributed by atoms with Crippen LogP contribution in [0.4, 0.5) is 17.1 Å². The second-order valence-corrected chi connectivity index (χ2v) is 9.40. The zero-order valence-electron chi connectivity index (χ0n) is 19.8. The third-order valence-electron chi connectivity index (χ3n) is 5.92. The van der Waals surface area contributed by atoms with Crippen molar-refractivity contribution in [3.05, 3.63) is 160 Å². The molecule has 0 spiro atoms. The smallest absolute Gasteiger partial charge is 0.0462 e. The molecular formula is C34H26BrN. The molecule has 0 aliphatic carbocycles. The largest absolute Gasteiger partial charge is 0.311 e. The van der Waals surface area contributed by atoms with Crippen LogP contribution in [-0.4, -0.2) is 0 Å². The van der Waals surface area contributed by atoms with Crippen molar-refractivity contribution in [3.63, 3.8) is 0 Å². The lowest BCUT2D eigenvalue weighted by Crippen LogP contribution is -2.09. The predicted octanol–water partition coefficient (Wildman–Crippen LogP) is 10.3. The minimum atomic E-state index is 1.09. The molecule has 2 heteroatoms. The van der Waals surface area contributed by atoms with E-state index in [4.69, 9.17) is 0 Å². The van der Waals surface area contributed by atoms with E-state index in [0.717, 1.165) is 21.5 Å². The van der Waals surface area contributed by atoms with Crippen molar-refractivity contribution in [2.24, 2.45) is 0 Å². The molecule has 5 aromatic rings. The number of anilines is 3. The number of benzene rings is 5. The van der Waals surface area contributed by atoms with Crippen LogP contribution in [0.1, 0.15) is 22.3 Å². The minimum absolute atomic E-state index is 1.09. The summed E-state index contributed by atoms with van der Waals surface area (Å²) in [6.45, 7) is 0. The van der Waals surface area contributed by atoms with Crippen LogP contribution in [-0.2, 0) is 0 Å². The standard InChI is InChI=1S/C34H26BrN/c35-31-23-19-29(20-24-31)17-15-27-11-13-28(14-12-27)16-18-30-21-25-34(26-22-30)36(32-7-3-1-4-8-32)33-9-5-2-6-10-33/h1-26H/b17-15+,18-16+. The highest BCUT2D eigenvalue weighted by atomic mass is 79.9. The lowest BCUT2D eigenvalue weighted by atomic mass is 10.1. The quantitative estimate of drug-likeness (QED) is 0.190. The molecule has 5 aromatic carbocycles. The Morgan fingerprint density at radius 3 is 1.06 bits per heavy atom. The highest BCUT2D eigenvalue weighted by molar-refractivity contribution is 9.10. The normalized spacial score (nSPS) is 11.2. The van der Waals surface area contributed by atoms with Gasteiger partial charge in [-0.05, 0) is 70.8 Å². The lowest BCUT2D eigenvalue weighted by Gasteiger charge is -2.25. The van der Waals surface area contributed by atoms with Gasteiger partial charge in [0.1, 0.15) is 0 Å². The molecule has 0 fully saturated rings. The molecule has 0 aliphatic rings. The van der Waals surface area contributed by atoms with Crippen LogP contribution in [0.5, 0.6) is 0 Å². The minimum Gasteiger partial charge on any atom is -0.311 e. The fourth-order valence-electron chi connectivity index (χ4n) is 4.01. The molecule has 0 amide bonds. The van der Waals surface area contributed by atoms with Gasteiger partial charge in [-0.15, -0.1) is 0 Å². The van der Waals surface area contributed by atoms with E-state index >= 15 is 0 Å². The van der Waals surface area contributed by atoms with E-state index in [1.165, 1.54) is 22.3 Å². The van der Waals surface area contributed by atoms with Crippen molar-refractivity contribution in [2.75, 3.05) is 4.90 Å². The fraction of sp³-hybridized carbons (Fsp3) is 0. The zero-order chi connectivity index (χ0) is 24.6. The van der Waals surface area contributed by atoms with Gasteiger partial charge < -0.3 is 4.90 Å². The molecule has 0 aromatic heterocycles. The van der Waals surface area contributed by atoms with E-state index in [-0.39, 0.29) is 0 Å². The van der Waals surface area contributed by atoms with E-state index in [1.54, 1.807) is 0 Å². The van der Waals surface area contributed by atoms with Crippen molar-refractivity contribution in [2.45, 2.75) is 0 Å². The highest BCUT2D eigenvalue weighted by Crippen LogP contribution is 2.34. The number of para-hydroxylation sites is 2. The third kappa shape index (κ3) is 6.10. The van der Waals surface area contributed by atoms with Gasteiger partial charge in [0, 0.05) is 21.5 Å². The molecule has 0 aliphatic heterocycles. The maximum Gasteiger partial charge on any atom is 0.0462 e. The summed E-state index contributed by atoms with van der Waals surface area (Å²) < 4.78 is 1.09.